The van der Waals surface area contributed by atoms with Crippen LogP contribution in [-0.4, -0.2) is 19.4 Å². The zero-order valence-electron chi connectivity index (χ0n) is 13.3. The van der Waals surface area contributed by atoms with Crippen LogP contribution in [-0.2, 0) is 6.54 Å². The Hall–Kier alpha value is -3.03. The van der Waals surface area contributed by atoms with Crippen molar-refractivity contribution in [2.45, 2.75) is 20.1 Å². The normalized spacial score (nSPS) is 12.2. The lowest BCUT2D eigenvalue weighted by Gasteiger charge is -2.15. The van der Waals surface area contributed by atoms with Gasteiger partial charge in [-0.25, -0.2) is 4.79 Å². The van der Waals surface area contributed by atoms with Gasteiger partial charge in [0.2, 0.25) is 6.79 Å². The van der Waals surface area contributed by atoms with Gasteiger partial charge in [-0.2, -0.15) is 8.78 Å². The third-order valence-corrected chi connectivity index (χ3v) is 3.58. The molecule has 2 N–H and O–H groups in total. The van der Waals surface area contributed by atoms with Gasteiger partial charge in [-0.3, -0.25) is 0 Å². The number of para-hydroxylation sites is 1. The van der Waals surface area contributed by atoms with Crippen molar-refractivity contribution in [1.82, 2.24) is 5.32 Å². The Kier molecular flexibility index (Phi) is 4.87. The largest absolute Gasteiger partial charge is 0.454 e. The Morgan fingerprint density at radius 1 is 1.24 bits per heavy atom. The number of halogens is 2. The van der Waals surface area contributed by atoms with Crippen LogP contribution >= 0.6 is 0 Å². The second-order valence-corrected chi connectivity index (χ2v) is 5.32. The number of carbonyl (C=O) groups excluding carboxylic acids is 1. The van der Waals surface area contributed by atoms with E-state index in [0.29, 0.717) is 17.1 Å². The molecule has 0 saturated heterocycles. The average molecular weight is 350 g/mol. The molecule has 0 aromatic heterocycles. The van der Waals surface area contributed by atoms with Gasteiger partial charge in [0.1, 0.15) is 5.75 Å². The lowest BCUT2D eigenvalue weighted by Crippen LogP contribution is -2.28. The van der Waals surface area contributed by atoms with E-state index in [1.807, 2.05) is 0 Å². The number of hydrogen-bond acceptors (Lipinski definition) is 4. The smallest absolute Gasteiger partial charge is 0.387 e. The molecule has 25 heavy (non-hydrogen) atoms. The molecule has 6 nitrogen and oxygen atoms in total. The van der Waals surface area contributed by atoms with Crippen molar-refractivity contribution in [3.8, 4) is 17.2 Å². The molecule has 2 amide bonds. The predicted molar refractivity (Wildman–Crippen MR) is 86.2 cm³/mol. The summed E-state index contributed by atoms with van der Waals surface area (Å²) in [6.45, 7) is -0.878. The molecule has 0 atom stereocenters. The van der Waals surface area contributed by atoms with Crippen molar-refractivity contribution < 1.29 is 27.8 Å². The van der Waals surface area contributed by atoms with Gasteiger partial charge in [0, 0.05) is 6.54 Å². The molecule has 0 spiro atoms. The Morgan fingerprint density at radius 3 is 2.84 bits per heavy atom. The Morgan fingerprint density at radius 2 is 2.04 bits per heavy atom. The molecule has 2 aromatic rings. The molecule has 1 aliphatic rings. The summed E-state index contributed by atoms with van der Waals surface area (Å²) >= 11 is 0. The van der Waals surface area contributed by atoms with Crippen molar-refractivity contribution in [1.29, 1.82) is 0 Å². The number of fused-ring (bicyclic) bond motifs is 1. The van der Waals surface area contributed by atoms with E-state index in [2.05, 4.69) is 15.4 Å². The number of urea groups is 1. The fourth-order valence-electron chi connectivity index (χ4n) is 2.39. The van der Waals surface area contributed by atoms with Crippen molar-refractivity contribution >= 4 is 11.7 Å². The molecule has 3 rings (SSSR count). The van der Waals surface area contributed by atoms with E-state index in [0.717, 1.165) is 5.56 Å². The minimum atomic E-state index is -2.97. The van der Waals surface area contributed by atoms with Crippen LogP contribution in [0.15, 0.2) is 36.4 Å². The van der Waals surface area contributed by atoms with E-state index in [1.165, 1.54) is 6.07 Å². The number of carbonyl (C=O) groups is 1. The molecule has 0 radical (unpaired) electrons. The standard InChI is InChI=1S/C17H16F2N2O4/c1-10-3-2-4-13(25-16(18)19)15(10)21-17(22)20-8-11-5-6-12-14(7-11)24-9-23-12/h2-7,16H,8-9H2,1H3,(H2,20,21,22). The van der Waals surface area contributed by atoms with Crippen LogP contribution < -0.4 is 24.8 Å². The van der Waals surface area contributed by atoms with Gasteiger partial charge in [-0.05, 0) is 36.2 Å². The zero-order chi connectivity index (χ0) is 17.8. The Balaban J connectivity index is 1.63. The molecule has 2 aromatic carbocycles. The van der Waals surface area contributed by atoms with E-state index < -0.39 is 12.6 Å². The number of hydrogen-bond donors (Lipinski definition) is 2. The maximum absolute atomic E-state index is 12.5. The van der Waals surface area contributed by atoms with Crippen molar-refractivity contribution in [2.75, 3.05) is 12.1 Å². The number of anilines is 1. The minimum Gasteiger partial charge on any atom is -0.454 e. The molecule has 1 heterocycles. The van der Waals surface area contributed by atoms with E-state index in [4.69, 9.17) is 9.47 Å². The SMILES string of the molecule is Cc1cccc(OC(F)F)c1NC(=O)NCc1ccc2c(c1)OCO2. The van der Waals surface area contributed by atoms with Gasteiger partial charge in [0.05, 0.1) is 5.69 Å². The van der Waals surface area contributed by atoms with Gasteiger partial charge in [0.25, 0.3) is 0 Å². The number of nitrogens with one attached hydrogen (secondary N) is 2. The summed E-state index contributed by atoms with van der Waals surface area (Å²) < 4.78 is 39.9. The summed E-state index contributed by atoms with van der Waals surface area (Å²) in [5, 5.41) is 5.20. The van der Waals surface area contributed by atoms with Crippen LogP contribution in [0.3, 0.4) is 0 Å². The highest BCUT2D eigenvalue weighted by Crippen LogP contribution is 2.32. The van der Waals surface area contributed by atoms with Crippen molar-refractivity contribution in [2.24, 2.45) is 0 Å². The minimum absolute atomic E-state index is 0.0896. The molecule has 0 unspecified atom stereocenters. The first-order valence-corrected chi connectivity index (χ1v) is 7.51. The van der Waals surface area contributed by atoms with Gasteiger partial charge >= 0.3 is 12.6 Å². The average Bonchev–Trinajstić information content (AvgIpc) is 3.03. The molecule has 0 fully saturated rings. The van der Waals surface area contributed by atoms with Gasteiger partial charge < -0.3 is 24.8 Å². The van der Waals surface area contributed by atoms with Crippen LogP contribution in [0.2, 0.25) is 0 Å². The summed E-state index contributed by atoms with van der Waals surface area (Å²) in [5.74, 6) is 1.18. The summed E-state index contributed by atoms with van der Waals surface area (Å²) in [6.07, 6.45) is 0. The van der Waals surface area contributed by atoms with Crippen LogP contribution in [0.4, 0.5) is 19.3 Å². The first-order chi connectivity index (χ1) is 12.0. The second kappa shape index (κ2) is 7.25. The molecule has 0 bridgehead atoms. The lowest BCUT2D eigenvalue weighted by molar-refractivity contribution is -0.0493. The number of rotatable bonds is 5. The van der Waals surface area contributed by atoms with Crippen LogP contribution in [0.25, 0.3) is 0 Å². The number of alkyl halides is 2. The van der Waals surface area contributed by atoms with Crippen LogP contribution in [0, 0.1) is 6.92 Å². The van der Waals surface area contributed by atoms with E-state index in [-0.39, 0.29) is 24.8 Å². The van der Waals surface area contributed by atoms with E-state index in [1.54, 1.807) is 37.3 Å². The van der Waals surface area contributed by atoms with E-state index in [9.17, 15) is 13.6 Å². The maximum Gasteiger partial charge on any atom is 0.387 e. The Bertz CT molecular complexity index is 783. The molecule has 0 saturated carbocycles. The molecule has 8 heteroatoms. The quantitative estimate of drug-likeness (QED) is 0.864. The summed E-state index contributed by atoms with van der Waals surface area (Å²) in [5.41, 5.74) is 1.62. The molecular formula is C17H16F2N2O4. The summed E-state index contributed by atoms with van der Waals surface area (Å²) in [4.78, 5) is 12.1. The highest BCUT2D eigenvalue weighted by molar-refractivity contribution is 5.91. The predicted octanol–water partition coefficient (Wildman–Crippen LogP) is 3.65. The number of benzene rings is 2. The number of amides is 2. The van der Waals surface area contributed by atoms with Crippen LogP contribution in [0.5, 0.6) is 17.2 Å². The van der Waals surface area contributed by atoms with Crippen molar-refractivity contribution in [3.05, 3.63) is 47.5 Å². The topological polar surface area (TPSA) is 68.8 Å². The van der Waals surface area contributed by atoms with Gasteiger partial charge in [-0.15, -0.1) is 0 Å². The third kappa shape index (κ3) is 4.09. The fourth-order valence-corrected chi connectivity index (χ4v) is 2.39. The van der Waals surface area contributed by atoms with Gasteiger partial charge in [-0.1, -0.05) is 18.2 Å². The lowest BCUT2D eigenvalue weighted by atomic mass is 10.2. The molecular weight excluding hydrogens is 334 g/mol. The summed E-state index contributed by atoms with van der Waals surface area (Å²) in [7, 11) is 0. The van der Waals surface area contributed by atoms with Crippen molar-refractivity contribution in [3.63, 3.8) is 0 Å². The molecule has 0 aliphatic carbocycles. The zero-order valence-corrected chi connectivity index (χ0v) is 13.3. The first-order valence-electron chi connectivity index (χ1n) is 7.51. The second-order valence-electron chi connectivity index (χ2n) is 5.32. The van der Waals surface area contributed by atoms with Crippen LogP contribution in [0.1, 0.15) is 11.1 Å². The summed E-state index contributed by atoms with van der Waals surface area (Å²) in [6, 6.07) is 9.41. The first kappa shape index (κ1) is 16.8. The molecule has 132 valence electrons. The fraction of sp³-hybridized carbons (Fsp3) is 0.235. The maximum atomic E-state index is 12.5. The Labute approximate surface area is 142 Å². The highest BCUT2D eigenvalue weighted by Gasteiger charge is 2.15. The number of ether oxygens (including phenoxy) is 3. The molecule has 1 aliphatic heterocycles. The van der Waals surface area contributed by atoms with Gasteiger partial charge in [0.15, 0.2) is 11.5 Å². The van der Waals surface area contributed by atoms with E-state index >= 15 is 0 Å². The monoisotopic (exact) mass is 350 g/mol. The highest BCUT2D eigenvalue weighted by atomic mass is 19.3. The number of aryl methyl sites for hydroxylation is 1. The third-order valence-electron chi connectivity index (χ3n) is 3.58.